The van der Waals surface area contributed by atoms with Crippen LogP contribution < -0.4 is 4.74 Å². The van der Waals surface area contributed by atoms with Gasteiger partial charge >= 0.3 is 5.97 Å². The maximum absolute atomic E-state index is 15.1. The van der Waals surface area contributed by atoms with Crippen molar-refractivity contribution in [3.05, 3.63) is 83.2 Å². The molecule has 4 rings (SSSR count). The summed E-state index contributed by atoms with van der Waals surface area (Å²) >= 11 is 1.84. The highest BCUT2D eigenvalue weighted by Gasteiger charge is 2.31. The van der Waals surface area contributed by atoms with Gasteiger partial charge in [0.25, 0.3) is 6.43 Å². The second-order valence-corrected chi connectivity index (χ2v) is 10.5. The van der Waals surface area contributed by atoms with Gasteiger partial charge in [-0.15, -0.1) is 11.8 Å². The van der Waals surface area contributed by atoms with Gasteiger partial charge in [0.2, 0.25) is 0 Å². The third-order valence-electron chi connectivity index (χ3n) is 6.59. The van der Waals surface area contributed by atoms with E-state index in [0.29, 0.717) is 25.0 Å². The van der Waals surface area contributed by atoms with Gasteiger partial charge in [0.15, 0.2) is 6.10 Å². The van der Waals surface area contributed by atoms with Crippen LogP contribution in [0.4, 0.5) is 13.2 Å². The van der Waals surface area contributed by atoms with Crippen LogP contribution in [0.3, 0.4) is 0 Å². The summed E-state index contributed by atoms with van der Waals surface area (Å²) in [5.41, 5.74) is 1.69. The fraction of sp³-hybridized carbons (Fsp3) is 0.367. The number of benzene rings is 3. The SMILES string of the molecule is CCCCSc1ccc(C2CCC(C(=O)Oc3ccc(-c4ccc(C)cc4)c(F)c3C(F)F)OC2)cc1. The Kier molecular flexibility index (Phi) is 9.33. The van der Waals surface area contributed by atoms with Crippen LogP contribution in [0.2, 0.25) is 0 Å². The summed E-state index contributed by atoms with van der Waals surface area (Å²) in [5.74, 6) is -1.12. The summed E-state index contributed by atoms with van der Waals surface area (Å²) in [5, 5.41) is 0. The summed E-state index contributed by atoms with van der Waals surface area (Å²) in [6.07, 6.45) is -0.582. The minimum Gasteiger partial charge on any atom is -0.424 e. The van der Waals surface area contributed by atoms with Crippen LogP contribution in [0.1, 0.15) is 61.6 Å². The number of halogens is 3. The highest BCUT2D eigenvalue weighted by Crippen LogP contribution is 2.38. The molecule has 1 fully saturated rings. The van der Waals surface area contributed by atoms with E-state index in [9.17, 15) is 13.6 Å². The number of esters is 1. The smallest absolute Gasteiger partial charge is 0.340 e. The highest BCUT2D eigenvalue weighted by molar-refractivity contribution is 7.99. The molecular formula is C30H31F3O3S. The Balaban J connectivity index is 1.39. The van der Waals surface area contributed by atoms with E-state index in [2.05, 4.69) is 31.2 Å². The maximum atomic E-state index is 15.1. The third-order valence-corrected chi connectivity index (χ3v) is 7.69. The van der Waals surface area contributed by atoms with Crippen LogP contribution >= 0.6 is 11.8 Å². The van der Waals surface area contributed by atoms with Crippen molar-refractivity contribution in [2.24, 2.45) is 0 Å². The van der Waals surface area contributed by atoms with E-state index in [-0.39, 0.29) is 11.5 Å². The van der Waals surface area contributed by atoms with Crippen LogP contribution in [0.15, 0.2) is 65.6 Å². The summed E-state index contributed by atoms with van der Waals surface area (Å²) in [7, 11) is 0. The Morgan fingerprint density at radius 1 is 1.05 bits per heavy atom. The van der Waals surface area contributed by atoms with Gasteiger partial charge in [-0.25, -0.2) is 18.0 Å². The topological polar surface area (TPSA) is 35.5 Å². The first-order chi connectivity index (χ1) is 17.9. The normalized spacial score (nSPS) is 17.7. The lowest BCUT2D eigenvalue weighted by Gasteiger charge is -2.28. The molecule has 2 unspecified atom stereocenters. The molecule has 0 radical (unpaired) electrons. The molecule has 0 saturated carbocycles. The van der Waals surface area contributed by atoms with Gasteiger partial charge in [-0.3, -0.25) is 0 Å². The van der Waals surface area contributed by atoms with Crippen molar-refractivity contribution in [1.82, 2.24) is 0 Å². The monoisotopic (exact) mass is 528 g/mol. The molecule has 0 amide bonds. The Hall–Kier alpha value is -2.77. The number of unbranched alkanes of at least 4 members (excludes halogenated alkanes) is 1. The second-order valence-electron chi connectivity index (χ2n) is 9.29. The molecule has 1 aliphatic rings. The largest absolute Gasteiger partial charge is 0.424 e. The standard InChI is InChI=1S/C30H31F3O3S/c1-3-4-17-37-23-12-9-20(10-13-23)22-11-15-26(35-18-22)30(34)36-25-16-14-24(28(31)27(25)29(32)33)21-7-5-19(2)6-8-21/h5-10,12-14,16,22,26,29H,3-4,11,15,17-18H2,1-2H3. The number of rotatable bonds is 9. The Bertz CT molecular complexity index is 1190. The number of carbonyl (C=O) groups is 1. The first-order valence-corrected chi connectivity index (χ1v) is 13.6. The molecule has 1 heterocycles. The number of alkyl halides is 2. The Labute approximate surface area is 220 Å². The van der Waals surface area contributed by atoms with Gasteiger partial charge in [-0.2, -0.15) is 0 Å². The van der Waals surface area contributed by atoms with E-state index in [4.69, 9.17) is 9.47 Å². The molecular weight excluding hydrogens is 497 g/mol. The van der Waals surface area contributed by atoms with E-state index < -0.39 is 35.6 Å². The van der Waals surface area contributed by atoms with Crippen LogP contribution in [-0.4, -0.2) is 24.4 Å². The van der Waals surface area contributed by atoms with Gasteiger partial charge < -0.3 is 9.47 Å². The minimum absolute atomic E-state index is 0.0293. The van der Waals surface area contributed by atoms with E-state index in [1.807, 2.05) is 18.7 Å². The van der Waals surface area contributed by atoms with E-state index in [1.54, 1.807) is 24.3 Å². The Morgan fingerprint density at radius 2 is 1.78 bits per heavy atom. The minimum atomic E-state index is -3.15. The van der Waals surface area contributed by atoms with Crippen LogP contribution in [-0.2, 0) is 9.53 Å². The quantitative estimate of drug-likeness (QED) is 0.121. The molecule has 7 heteroatoms. The molecule has 37 heavy (non-hydrogen) atoms. The van der Waals surface area contributed by atoms with Gasteiger partial charge in [0.05, 0.1) is 12.2 Å². The zero-order valence-electron chi connectivity index (χ0n) is 21.0. The van der Waals surface area contributed by atoms with Gasteiger partial charge in [0.1, 0.15) is 11.6 Å². The van der Waals surface area contributed by atoms with Crippen molar-refractivity contribution in [2.75, 3.05) is 12.4 Å². The fourth-order valence-electron chi connectivity index (χ4n) is 4.37. The second kappa shape index (κ2) is 12.7. The molecule has 0 aromatic heterocycles. The van der Waals surface area contributed by atoms with Crippen molar-refractivity contribution in [3.63, 3.8) is 0 Å². The molecule has 3 aromatic rings. The average Bonchev–Trinajstić information content (AvgIpc) is 2.90. The average molecular weight is 529 g/mol. The van der Waals surface area contributed by atoms with Crippen molar-refractivity contribution < 1.29 is 27.4 Å². The Morgan fingerprint density at radius 3 is 2.41 bits per heavy atom. The number of thioether (sulfide) groups is 1. The molecule has 0 bridgehead atoms. The number of carbonyl (C=O) groups excluding carboxylic acids is 1. The zero-order chi connectivity index (χ0) is 26.4. The summed E-state index contributed by atoms with van der Waals surface area (Å²) in [4.78, 5) is 14.0. The zero-order valence-corrected chi connectivity index (χ0v) is 21.8. The first kappa shape index (κ1) is 27.3. The van der Waals surface area contributed by atoms with Crippen molar-refractivity contribution in [1.29, 1.82) is 0 Å². The first-order valence-electron chi connectivity index (χ1n) is 12.6. The molecule has 0 N–H and O–H groups in total. The fourth-order valence-corrected chi connectivity index (χ4v) is 5.37. The predicted molar refractivity (Wildman–Crippen MR) is 141 cm³/mol. The summed E-state index contributed by atoms with van der Waals surface area (Å²) < 4.78 is 53.8. The number of ether oxygens (including phenoxy) is 2. The predicted octanol–water partition coefficient (Wildman–Crippen LogP) is 8.50. The number of hydrogen-bond acceptors (Lipinski definition) is 4. The molecule has 3 aromatic carbocycles. The lowest BCUT2D eigenvalue weighted by atomic mass is 9.91. The van der Waals surface area contributed by atoms with E-state index >= 15 is 4.39 Å². The lowest BCUT2D eigenvalue weighted by molar-refractivity contribution is -0.151. The molecule has 196 valence electrons. The van der Waals surface area contributed by atoms with Gasteiger partial charge in [0, 0.05) is 16.4 Å². The lowest BCUT2D eigenvalue weighted by Crippen LogP contribution is -2.34. The molecule has 0 aliphatic carbocycles. The van der Waals surface area contributed by atoms with Gasteiger partial charge in [-0.05, 0) is 67.3 Å². The molecule has 0 spiro atoms. The summed E-state index contributed by atoms with van der Waals surface area (Å²) in [6, 6.07) is 17.9. The molecule has 2 atom stereocenters. The number of aryl methyl sites for hydroxylation is 1. The van der Waals surface area contributed by atoms with Crippen LogP contribution in [0, 0.1) is 12.7 Å². The van der Waals surface area contributed by atoms with Crippen LogP contribution in [0.5, 0.6) is 5.75 Å². The molecule has 1 aliphatic heterocycles. The molecule has 1 saturated heterocycles. The van der Waals surface area contributed by atoms with Crippen molar-refractivity contribution in [2.45, 2.75) is 62.9 Å². The third kappa shape index (κ3) is 6.76. The van der Waals surface area contributed by atoms with Crippen molar-refractivity contribution in [3.8, 4) is 16.9 Å². The highest BCUT2D eigenvalue weighted by atomic mass is 32.2. The van der Waals surface area contributed by atoms with Gasteiger partial charge in [-0.1, -0.05) is 55.3 Å². The maximum Gasteiger partial charge on any atom is 0.340 e. The van der Waals surface area contributed by atoms with E-state index in [1.165, 1.54) is 29.9 Å². The van der Waals surface area contributed by atoms with E-state index in [0.717, 1.165) is 16.9 Å². The summed E-state index contributed by atoms with van der Waals surface area (Å²) in [6.45, 7) is 4.38. The van der Waals surface area contributed by atoms with Crippen LogP contribution in [0.25, 0.3) is 11.1 Å². The van der Waals surface area contributed by atoms with Crippen molar-refractivity contribution >= 4 is 17.7 Å². The molecule has 3 nitrogen and oxygen atoms in total. The number of hydrogen-bond donors (Lipinski definition) is 0.